The molecule has 1 N–H and O–H groups in total. The van der Waals surface area contributed by atoms with Gasteiger partial charge < -0.3 is 5.11 Å². The Bertz CT molecular complexity index is 875. The number of carboxylic acid groups (broad SMARTS) is 1. The summed E-state index contributed by atoms with van der Waals surface area (Å²) < 4.78 is 0. The average Bonchev–Trinajstić information content (AvgIpc) is 3.02. The summed E-state index contributed by atoms with van der Waals surface area (Å²) in [6, 6.07) is 0. The Hall–Kier alpha value is -2.87. The van der Waals surface area contributed by atoms with Crippen molar-refractivity contribution in [1.82, 2.24) is 0 Å². The average molecular weight is 603 g/mol. The van der Waals surface area contributed by atoms with Crippen LogP contribution in [-0.4, -0.2) is 11.1 Å². The van der Waals surface area contributed by atoms with E-state index in [4.69, 9.17) is 5.11 Å². The largest absolute Gasteiger partial charge is 0.481 e. The summed E-state index contributed by atoms with van der Waals surface area (Å²) in [6.45, 7) is 2.16. The summed E-state index contributed by atoms with van der Waals surface area (Å²) in [7, 11) is 0. The molecule has 0 fully saturated rings. The third kappa shape index (κ3) is 39.1. The Morgan fingerprint density at radius 2 is 0.614 bits per heavy atom. The zero-order valence-electron chi connectivity index (χ0n) is 28.3. The first kappa shape index (κ1) is 41.1. The summed E-state index contributed by atoms with van der Waals surface area (Å²) in [5.74, 6) is -0.662. The zero-order valence-corrected chi connectivity index (χ0v) is 28.3. The Kier molecular flexibility index (Phi) is 35.7. The lowest BCUT2D eigenvalue weighted by Gasteiger charge is -2.02. The Morgan fingerprint density at radius 3 is 0.909 bits per heavy atom. The van der Waals surface area contributed by atoms with Crippen LogP contribution in [0.15, 0.2) is 109 Å². The standard InChI is InChI=1S/C42H66O2/c1-2-3-4-5-6-7-8-9-10-11-12-13-14-15-16-17-18-19-20-21-22-23-24-25-26-27-28-29-30-31-32-33-34-35-36-37-38-39-40-41-42(43)44/h3-4,6-7,9-10,12-13,15-16,18-19,21-22,24-25,27-28H,2,5,8,11,14,17,20,23,26,29-41H2,1H3,(H,43,44)/b4-3-,7-6-,10-9-,13-12-,16-15-,19-18-,22-21-,25-24-,28-27-. The van der Waals surface area contributed by atoms with Gasteiger partial charge in [0.15, 0.2) is 0 Å². The van der Waals surface area contributed by atoms with Crippen molar-refractivity contribution >= 4 is 5.97 Å². The van der Waals surface area contributed by atoms with E-state index < -0.39 is 5.97 Å². The van der Waals surface area contributed by atoms with E-state index in [1.807, 2.05) is 0 Å². The van der Waals surface area contributed by atoms with Crippen LogP contribution in [0, 0.1) is 0 Å². The predicted octanol–water partition coefficient (Wildman–Crippen LogP) is 13.7. The first-order chi connectivity index (χ1) is 21.8. The molecule has 0 heterocycles. The first-order valence-corrected chi connectivity index (χ1v) is 17.8. The minimum atomic E-state index is -0.662. The van der Waals surface area contributed by atoms with Crippen LogP contribution in [0.3, 0.4) is 0 Å². The lowest BCUT2D eigenvalue weighted by molar-refractivity contribution is -0.137. The maximum Gasteiger partial charge on any atom is 0.303 e. The maximum absolute atomic E-state index is 10.5. The molecule has 0 saturated heterocycles. The third-order valence-corrected chi connectivity index (χ3v) is 7.17. The second-order valence-electron chi connectivity index (χ2n) is 11.4. The number of carboxylic acids is 1. The van der Waals surface area contributed by atoms with E-state index in [1.165, 1.54) is 64.2 Å². The van der Waals surface area contributed by atoms with E-state index in [9.17, 15) is 4.79 Å². The molecule has 0 unspecified atom stereocenters. The molecule has 0 spiro atoms. The summed E-state index contributed by atoms with van der Waals surface area (Å²) in [5, 5.41) is 8.63. The van der Waals surface area contributed by atoms with Crippen molar-refractivity contribution in [2.75, 3.05) is 0 Å². The highest BCUT2D eigenvalue weighted by Gasteiger charge is 1.97. The fraction of sp³-hybridized carbons (Fsp3) is 0.548. The highest BCUT2D eigenvalue weighted by molar-refractivity contribution is 5.66. The minimum Gasteiger partial charge on any atom is -0.481 e. The van der Waals surface area contributed by atoms with Gasteiger partial charge in [-0.15, -0.1) is 0 Å². The molecular weight excluding hydrogens is 536 g/mol. The summed E-state index contributed by atoms with van der Waals surface area (Å²) in [4.78, 5) is 10.5. The fourth-order valence-corrected chi connectivity index (χ4v) is 4.58. The van der Waals surface area contributed by atoms with E-state index in [2.05, 4.69) is 116 Å². The zero-order chi connectivity index (χ0) is 31.9. The summed E-state index contributed by atoms with van der Waals surface area (Å²) in [5.41, 5.74) is 0. The van der Waals surface area contributed by atoms with Crippen LogP contribution in [0.25, 0.3) is 0 Å². The van der Waals surface area contributed by atoms with Gasteiger partial charge in [0.2, 0.25) is 0 Å². The number of aliphatic carboxylic acids is 1. The van der Waals surface area contributed by atoms with E-state index >= 15 is 0 Å². The molecule has 0 atom stereocenters. The van der Waals surface area contributed by atoms with Crippen LogP contribution in [0.4, 0.5) is 0 Å². The second kappa shape index (κ2) is 38.2. The molecule has 2 nitrogen and oxygen atoms in total. The number of hydrogen-bond acceptors (Lipinski definition) is 1. The molecule has 0 aromatic rings. The number of hydrogen-bond donors (Lipinski definition) is 1. The van der Waals surface area contributed by atoms with Crippen LogP contribution in [0.5, 0.6) is 0 Å². The lowest BCUT2D eigenvalue weighted by atomic mass is 10.0. The SMILES string of the molecule is CC/C=C\C/C=C\C/C=C\C/C=C\C/C=C\C/C=C\C/C=C\C/C=C\C/C=C\CCCCCCCCCCCCCC(=O)O. The third-order valence-electron chi connectivity index (χ3n) is 7.17. The van der Waals surface area contributed by atoms with Crippen molar-refractivity contribution in [2.45, 2.75) is 148 Å². The van der Waals surface area contributed by atoms with Gasteiger partial charge >= 0.3 is 5.97 Å². The smallest absolute Gasteiger partial charge is 0.303 e. The first-order valence-electron chi connectivity index (χ1n) is 17.8. The Labute approximate surface area is 272 Å². The van der Waals surface area contributed by atoms with Crippen molar-refractivity contribution in [3.8, 4) is 0 Å². The molecule has 246 valence electrons. The topological polar surface area (TPSA) is 37.3 Å². The molecule has 44 heavy (non-hydrogen) atoms. The molecule has 0 saturated carbocycles. The van der Waals surface area contributed by atoms with Gasteiger partial charge in [0.25, 0.3) is 0 Å². The Balaban J connectivity index is 3.46. The number of allylic oxidation sites excluding steroid dienone is 18. The molecule has 0 aromatic carbocycles. The maximum atomic E-state index is 10.5. The van der Waals surface area contributed by atoms with E-state index in [0.29, 0.717) is 6.42 Å². The molecule has 0 aliphatic carbocycles. The van der Waals surface area contributed by atoms with Crippen molar-refractivity contribution in [3.05, 3.63) is 109 Å². The molecule has 0 bridgehead atoms. The quantitative estimate of drug-likeness (QED) is 0.0633. The van der Waals surface area contributed by atoms with Gasteiger partial charge in [-0.2, -0.15) is 0 Å². The summed E-state index contributed by atoms with van der Waals surface area (Å²) in [6.07, 6.45) is 65.1. The van der Waals surface area contributed by atoms with Gasteiger partial charge in [-0.3, -0.25) is 4.79 Å². The number of carbonyl (C=O) groups is 1. The van der Waals surface area contributed by atoms with Gasteiger partial charge in [0.1, 0.15) is 0 Å². The molecule has 0 rings (SSSR count). The Morgan fingerprint density at radius 1 is 0.364 bits per heavy atom. The molecule has 0 amide bonds. The second-order valence-corrected chi connectivity index (χ2v) is 11.4. The van der Waals surface area contributed by atoms with Crippen molar-refractivity contribution in [1.29, 1.82) is 0 Å². The summed E-state index contributed by atoms with van der Waals surface area (Å²) >= 11 is 0. The van der Waals surface area contributed by atoms with Crippen LogP contribution >= 0.6 is 0 Å². The van der Waals surface area contributed by atoms with Gasteiger partial charge in [-0.05, 0) is 77.0 Å². The van der Waals surface area contributed by atoms with Crippen LogP contribution < -0.4 is 0 Å². The van der Waals surface area contributed by atoms with E-state index in [-0.39, 0.29) is 0 Å². The van der Waals surface area contributed by atoms with Gasteiger partial charge in [0.05, 0.1) is 0 Å². The molecule has 0 aliphatic rings. The molecule has 0 aromatic heterocycles. The van der Waals surface area contributed by atoms with Crippen LogP contribution in [-0.2, 0) is 4.79 Å². The van der Waals surface area contributed by atoms with Gasteiger partial charge in [-0.1, -0.05) is 174 Å². The normalized spacial score (nSPS) is 13.1. The van der Waals surface area contributed by atoms with Gasteiger partial charge in [-0.25, -0.2) is 0 Å². The monoisotopic (exact) mass is 603 g/mol. The molecule has 0 radical (unpaired) electrons. The minimum absolute atomic E-state index is 0.330. The van der Waals surface area contributed by atoms with Crippen LogP contribution in [0.1, 0.15) is 148 Å². The van der Waals surface area contributed by atoms with Crippen molar-refractivity contribution in [2.24, 2.45) is 0 Å². The lowest BCUT2D eigenvalue weighted by Crippen LogP contribution is -1.93. The fourth-order valence-electron chi connectivity index (χ4n) is 4.58. The number of unbranched alkanes of at least 4 members (excludes halogenated alkanes) is 11. The van der Waals surface area contributed by atoms with E-state index in [1.54, 1.807) is 0 Å². The van der Waals surface area contributed by atoms with Crippen molar-refractivity contribution < 1.29 is 9.90 Å². The van der Waals surface area contributed by atoms with Gasteiger partial charge in [0, 0.05) is 6.42 Å². The molecular formula is C42H66O2. The van der Waals surface area contributed by atoms with Crippen LogP contribution in [0.2, 0.25) is 0 Å². The molecule has 2 heteroatoms. The van der Waals surface area contributed by atoms with E-state index in [0.717, 1.165) is 70.6 Å². The highest BCUT2D eigenvalue weighted by atomic mass is 16.4. The number of rotatable bonds is 31. The predicted molar refractivity (Wildman–Crippen MR) is 197 cm³/mol. The molecule has 0 aliphatic heterocycles. The highest BCUT2D eigenvalue weighted by Crippen LogP contribution is 2.12. The van der Waals surface area contributed by atoms with Crippen molar-refractivity contribution in [3.63, 3.8) is 0 Å².